The average Bonchev–Trinajstić information content (AvgIpc) is 2.50. The first-order valence-electron chi connectivity index (χ1n) is 7.23. The number of amides is 1. The molecule has 0 heterocycles. The first-order chi connectivity index (χ1) is 10.9. The molecule has 0 aliphatic carbocycles. The lowest BCUT2D eigenvalue weighted by atomic mass is 10.1. The van der Waals surface area contributed by atoms with E-state index in [1.54, 1.807) is 13.0 Å². The number of aryl methyl sites for hydroxylation is 3. The summed E-state index contributed by atoms with van der Waals surface area (Å²) in [6, 6.07) is 10.3. The van der Waals surface area contributed by atoms with Crippen molar-refractivity contribution in [2.24, 2.45) is 0 Å². The van der Waals surface area contributed by atoms with Gasteiger partial charge in [-0.05, 0) is 55.7 Å². The number of nitro groups is 1. The Hall–Kier alpha value is -2.89. The molecule has 23 heavy (non-hydrogen) atoms. The lowest BCUT2D eigenvalue weighted by molar-refractivity contribution is -0.384. The van der Waals surface area contributed by atoms with E-state index in [1.165, 1.54) is 17.7 Å². The molecule has 6 nitrogen and oxygen atoms in total. The van der Waals surface area contributed by atoms with E-state index in [2.05, 4.69) is 10.6 Å². The Labute approximate surface area is 134 Å². The SMILES string of the molecule is Cc1ccc(NCC(=O)Nc2ccc([N+](=O)[O-])cc2C)cc1C. The smallest absolute Gasteiger partial charge is 0.269 e. The minimum Gasteiger partial charge on any atom is -0.376 e. The molecule has 0 aromatic heterocycles. The van der Waals surface area contributed by atoms with Gasteiger partial charge in [0.1, 0.15) is 0 Å². The Morgan fingerprint density at radius 3 is 2.39 bits per heavy atom. The topological polar surface area (TPSA) is 84.3 Å². The molecule has 2 aromatic rings. The van der Waals surface area contributed by atoms with Crippen molar-refractivity contribution in [1.29, 1.82) is 0 Å². The monoisotopic (exact) mass is 313 g/mol. The maximum Gasteiger partial charge on any atom is 0.269 e. The van der Waals surface area contributed by atoms with Crippen molar-refractivity contribution in [3.8, 4) is 0 Å². The molecule has 0 aliphatic heterocycles. The van der Waals surface area contributed by atoms with Gasteiger partial charge in [-0.15, -0.1) is 0 Å². The van der Waals surface area contributed by atoms with Gasteiger partial charge in [0.05, 0.1) is 11.5 Å². The highest BCUT2D eigenvalue weighted by Gasteiger charge is 2.10. The first-order valence-corrected chi connectivity index (χ1v) is 7.23. The minimum absolute atomic E-state index is 0.00811. The van der Waals surface area contributed by atoms with Crippen LogP contribution in [0, 0.1) is 30.9 Å². The minimum atomic E-state index is -0.458. The van der Waals surface area contributed by atoms with E-state index in [0.717, 1.165) is 11.3 Å². The molecule has 0 fully saturated rings. The molecule has 1 amide bonds. The van der Waals surface area contributed by atoms with E-state index in [1.807, 2.05) is 32.0 Å². The summed E-state index contributed by atoms with van der Waals surface area (Å²) in [7, 11) is 0. The molecule has 0 spiro atoms. The lowest BCUT2D eigenvalue weighted by Gasteiger charge is -2.11. The number of hydrogen-bond donors (Lipinski definition) is 2. The maximum absolute atomic E-state index is 12.0. The van der Waals surface area contributed by atoms with Gasteiger partial charge in [-0.25, -0.2) is 0 Å². The van der Waals surface area contributed by atoms with Gasteiger partial charge in [0.15, 0.2) is 0 Å². The molecule has 0 aliphatic rings. The summed E-state index contributed by atoms with van der Waals surface area (Å²) in [6.07, 6.45) is 0. The third-order valence-corrected chi connectivity index (χ3v) is 3.65. The molecule has 0 unspecified atom stereocenters. The van der Waals surface area contributed by atoms with Crippen molar-refractivity contribution in [2.45, 2.75) is 20.8 Å². The Morgan fingerprint density at radius 1 is 1.04 bits per heavy atom. The normalized spacial score (nSPS) is 10.2. The van der Waals surface area contributed by atoms with E-state index in [4.69, 9.17) is 0 Å². The largest absolute Gasteiger partial charge is 0.376 e. The predicted octanol–water partition coefficient (Wildman–Crippen LogP) is 3.57. The van der Waals surface area contributed by atoms with Crippen molar-refractivity contribution in [3.63, 3.8) is 0 Å². The summed E-state index contributed by atoms with van der Waals surface area (Å²) in [5.41, 5.74) is 4.46. The van der Waals surface area contributed by atoms with Crippen LogP contribution in [-0.4, -0.2) is 17.4 Å². The highest BCUT2D eigenvalue weighted by Crippen LogP contribution is 2.21. The Balaban J connectivity index is 1.97. The number of non-ortho nitro benzene ring substituents is 1. The third-order valence-electron chi connectivity index (χ3n) is 3.65. The van der Waals surface area contributed by atoms with Gasteiger partial charge >= 0.3 is 0 Å². The van der Waals surface area contributed by atoms with Crippen molar-refractivity contribution in [2.75, 3.05) is 17.2 Å². The van der Waals surface area contributed by atoms with Crippen LogP contribution in [-0.2, 0) is 4.79 Å². The second-order valence-corrected chi connectivity index (χ2v) is 5.46. The highest BCUT2D eigenvalue weighted by atomic mass is 16.6. The summed E-state index contributed by atoms with van der Waals surface area (Å²) in [4.78, 5) is 22.2. The van der Waals surface area contributed by atoms with Crippen LogP contribution >= 0.6 is 0 Å². The van der Waals surface area contributed by atoms with Gasteiger partial charge in [-0.3, -0.25) is 14.9 Å². The number of benzene rings is 2. The Bertz CT molecular complexity index is 757. The van der Waals surface area contributed by atoms with E-state index in [-0.39, 0.29) is 18.1 Å². The lowest BCUT2D eigenvalue weighted by Crippen LogP contribution is -2.22. The second kappa shape index (κ2) is 6.91. The number of carbonyl (C=O) groups excluding carboxylic acids is 1. The summed E-state index contributed by atoms with van der Waals surface area (Å²) < 4.78 is 0. The number of nitrogens with zero attached hydrogens (tertiary/aromatic N) is 1. The van der Waals surface area contributed by atoms with Crippen LogP contribution < -0.4 is 10.6 Å². The van der Waals surface area contributed by atoms with Gasteiger partial charge in [-0.1, -0.05) is 6.07 Å². The zero-order valence-corrected chi connectivity index (χ0v) is 13.3. The maximum atomic E-state index is 12.0. The molecular formula is C17H19N3O3. The molecule has 6 heteroatoms. The van der Waals surface area contributed by atoms with E-state index < -0.39 is 4.92 Å². The van der Waals surface area contributed by atoms with Crippen molar-refractivity contribution in [1.82, 2.24) is 0 Å². The Kier molecular flexibility index (Phi) is 4.95. The predicted molar refractivity (Wildman–Crippen MR) is 90.9 cm³/mol. The van der Waals surface area contributed by atoms with Crippen molar-refractivity contribution >= 4 is 23.0 Å². The van der Waals surface area contributed by atoms with Gasteiger partial charge in [0.25, 0.3) is 5.69 Å². The van der Waals surface area contributed by atoms with Crippen LogP contribution in [0.15, 0.2) is 36.4 Å². The first kappa shape index (κ1) is 16.5. The van der Waals surface area contributed by atoms with Gasteiger partial charge in [0, 0.05) is 23.5 Å². The molecule has 0 saturated carbocycles. The molecule has 2 rings (SSSR count). The van der Waals surface area contributed by atoms with Crippen molar-refractivity contribution < 1.29 is 9.72 Å². The molecule has 0 saturated heterocycles. The quantitative estimate of drug-likeness (QED) is 0.653. The van der Waals surface area contributed by atoms with Crippen LogP contribution in [0.5, 0.6) is 0 Å². The van der Waals surface area contributed by atoms with E-state index >= 15 is 0 Å². The standard InChI is InChI=1S/C17H19N3O3/c1-11-4-5-14(8-12(11)2)18-10-17(21)19-16-7-6-15(20(22)23)9-13(16)3/h4-9,18H,10H2,1-3H3,(H,19,21). The third kappa shape index (κ3) is 4.29. The number of hydrogen-bond acceptors (Lipinski definition) is 4. The van der Waals surface area contributed by atoms with Crippen LogP contribution in [0.1, 0.15) is 16.7 Å². The van der Waals surface area contributed by atoms with Crippen molar-refractivity contribution in [3.05, 3.63) is 63.2 Å². The zero-order valence-electron chi connectivity index (χ0n) is 13.3. The fraction of sp³-hybridized carbons (Fsp3) is 0.235. The molecule has 0 radical (unpaired) electrons. The van der Waals surface area contributed by atoms with Gasteiger partial charge < -0.3 is 10.6 Å². The number of nitro benzene ring substituents is 1. The summed E-state index contributed by atoms with van der Waals surface area (Å²) >= 11 is 0. The molecule has 2 N–H and O–H groups in total. The zero-order chi connectivity index (χ0) is 17.0. The second-order valence-electron chi connectivity index (χ2n) is 5.46. The summed E-state index contributed by atoms with van der Waals surface area (Å²) in [5.74, 6) is -0.208. The number of nitrogens with one attached hydrogen (secondary N) is 2. The van der Waals surface area contributed by atoms with Crippen LogP contribution in [0.2, 0.25) is 0 Å². The number of carbonyl (C=O) groups is 1. The van der Waals surface area contributed by atoms with E-state index in [9.17, 15) is 14.9 Å². The fourth-order valence-electron chi connectivity index (χ4n) is 2.13. The molecular weight excluding hydrogens is 294 g/mol. The Morgan fingerprint density at radius 2 is 1.78 bits per heavy atom. The van der Waals surface area contributed by atoms with Gasteiger partial charge in [-0.2, -0.15) is 0 Å². The van der Waals surface area contributed by atoms with Crippen LogP contribution in [0.25, 0.3) is 0 Å². The summed E-state index contributed by atoms with van der Waals surface area (Å²) in [5, 5.41) is 16.5. The van der Waals surface area contributed by atoms with E-state index in [0.29, 0.717) is 11.3 Å². The van der Waals surface area contributed by atoms with Crippen LogP contribution in [0.3, 0.4) is 0 Å². The molecule has 120 valence electrons. The average molecular weight is 313 g/mol. The van der Waals surface area contributed by atoms with Gasteiger partial charge in [0.2, 0.25) is 5.91 Å². The summed E-state index contributed by atoms with van der Waals surface area (Å²) in [6.45, 7) is 5.89. The molecule has 0 atom stereocenters. The molecule has 0 bridgehead atoms. The fourth-order valence-corrected chi connectivity index (χ4v) is 2.13. The highest BCUT2D eigenvalue weighted by molar-refractivity contribution is 5.94. The van der Waals surface area contributed by atoms with Crippen LogP contribution in [0.4, 0.5) is 17.1 Å². The number of anilines is 2. The number of rotatable bonds is 5. The molecule has 2 aromatic carbocycles.